The Morgan fingerprint density at radius 1 is 1.43 bits per heavy atom. The molecule has 3 N–H and O–H groups in total. The third-order valence-electron chi connectivity index (χ3n) is 3.81. The van der Waals surface area contributed by atoms with E-state index < -0.39 is 5.54 Å². The lowest BCUT2D eigenvalue weighted by Gasteiger charge is -2.34. The summed E-state index contributed by atoms with van der Waals surface area (Å²) in [6.07, 6.45) is 4.35. The van der Waals surface area contributed by atoms with Crippen molar-refractivity contribution in [1.82, 2.24) is 15.3 Å². The Kier molecular flexibility index (Phi) is 4.77. The number of carbonyl (C=O) groups excluding carboxylic acids is 1. The summed E-state index contributed by atoms with van der Waals surface area (Å²) >= 11 is 0. The second kappa shape index (κ2) is 6.39. The lowest BCUT2D eigenvalue weighted by molar-refractivity contribution is -0.126. The van der Waals surface area contributed by atoms with Gasteiger partial charge in [0.25, 0.3) is 0 Å². The summed E-state index contributed by atoms with van der Waals surface area (Å²) < 4.78 is 0. The fraction of sp³-hybridized carbons (Fsp3) is 0.667. The van der Waals surface area contributed by atoms with Gasteiger partial charge in [0, 0.05) is 30.9 Å². The van der Waals surface area contributed by atoms with Crippen LogP contribution in [0.4, 0.5) is 5.82 Å². The van der Waals surface area contributed by atoms with E-state index in [1.807, 2.05) is 6.07 Å². The molecule has 0 atom stereocenters. The van der Waals surface area contributed by atoms with Crippen LogP contribution in [0.25, 0.3) is 0 Å². The largest absolute Gasteiger partial charge is 0.356 e. The Morgan fingerprint density at radius 3 is 2.67 bits per heavy atom. The number of piperidine rings is 1. The molecule has 1 amide bonds. The van der Waals surface area contributed by atoms with E-state index in [4.69, 9.17) is 5.73 Å². The maximum absolute atomic E-state index is 11.9. The summed E-state index contributed by atoms with van der Waals surface area (Å²) in [5.41, 5.74) is 6.04. The molecular formula is C15H25N5O. The van der Waals surface area contributed by atoms with Crippen molar-refractivity contribution in [2.75, 3.05) is 18.0 Å². The number of hydrogen-bond acceptors (Lipinski definition) is 5. The van der Waals surface area contributed by atoms with E-state index in [0.717, 1.165) is 43.9 Å². The minimum absolute atomic E-state index is 0.0868. The van der Waals surface area contributed by atoms with Crippen LogP contribution in [0.5, 0.6) is 0 Å². The summed E-state index contributed by atoms with van der Waals surface area (Å²) in [6, 6.07) is 2.24. The number of amides is 1. The van der Waals surface area contributed by atoms with Gasteiger partial charge in [-0.05, 0) is 33.1 Å². The first-order valence-corrected chi connectivity index (χ1v) is 7.56. The molecule has 2 heterocycles. The van der Waals surface area contributed by atoms with E-state index in [1.54, 1.807) is 20.2 Å². The van der Waals surface area contributed by atoms with Crippen LogP contribution in [0.1, 0.15) is 39.3 Å². The van der Waals surface area contributed by atoms with Gasteiger partial charge < -0.3 is 16.0 Å². The molecule has 1 aromatic heterocycles. The smallest absolute Gasteiger partial charge is 0.239 e. The Balaban J connectivity index is 1.89. The number of nitrogens with zero attached hydrogens (tertiary/aromatic N) is 3. The quantitative estimate of drug-likeness (QED) is 0.859. The zero-order chi connectivity index (χ0) is 15.5. The van der Waals surface area contributed by atoms with Crippen LogP contribution >= 0.6 is 0 Å². The van der Waals surface area contributed by atoms with Gasteiger partial charge in [-0.1, -0.05) is 6.92 Å². The van der Waals surface area contributed by atoms with Crippen molar-refractivity contribution < 1.29 is 4.79 Å². The van der Waals surface area contributed by atoms with Gasteiger partial charge in [-0.2, -0.15) is 0 Å². The molecule has 0 spiro atoms. The molecule has 1 aliphatic heterocycles. The van der Waals surface area contributed by atoms with E-state index in [9.17, 15) is 4.79 Å². The first-order chi connectivity index (χ1) is 9.90. The van der Waals surface area contributed by atoms with Gasteiger partial charge in [0.15, 0.2) is 0 Å². The maximum atomic E-state index is 11.9. The summed E-state index contributed by atoms with van der Waals surface area (Å²) in [5.74, 6) is 0.891. The zero-order valence-electron chi connectivity index (χ0n) is 13.1. The normalized spacial score (nSPS) is 16.9. The molecule has 1 aliphatic rings. The van der Waals surface area contributed by atoms with Crippen LogP contribution in [0.3, 0.4) is 0 Å². The van der Waals surface area contributed by atoms with Gasteiger partial charge in [-0.3, -0.25) is 4.79 Å². The Bertz CT molecular complexity index is 489. The fourth-order valence-corrected chi connectivity index (χ4v) is 2.38. The highest BCUT2D eigenvalue weighted by atomic mass is 16.2. The molecule has 21 heavy (non-hydrogen) atoms. The fourth-order valence-electron chi connectivity index (χ4n) is 2.38. The zero-order valence-corrected chi connectivity index (χ0v) is 13.1. The van der Waals surface area contributed by atoms with Crippen LogP contribution in [0, 0.1) is 0 Å². The first-order valence-electron chi connectivity index (χ1n) is 7.56. The Morgan fingerprint density at radius 2 is 2.10 bits per heavy atom. The van der Waals surface area contributed by atoms with Crippen LogP contribution in [-0.2, 0) is 11.2 Å². The number of aryl methyl sites for hydroxylation is 1. The maximum Gasteiger partial charge on any atom is 0.239 e. The van der Waals surface area contributed by atoms with Crippen LogP contribution in [-0.4, -0.2) is 40.5 Å². The van der Waals surface area contributed by atoms with Gasteiger partial charge in [-0.15, -0.1) is 0 Å². The molecule has 6 nitrogen and oxygen atoms in total. The van der Waals surface area contributed by atoms with Crippen molar-refractivity contribution in [2.24, 2.45) is 5.73 Å². The Hall–Kier alpha value is -1.69. The van der Waals surface area contributed by atoms with Crippen LogP contribution in [0.2, 0.25) is 0 Å². The van der Waals surface area contributed by atoms with Crippen LogP contribution in [0.15, 0.2) is 12.4 Å². The number of anilines is 1. The molecule has 0 bridgehead atoms. The minimum atomic E-state index is -0.820. The van der Waals surface area contributed by atoms with Crippen LogP contribution < -0.4 is 16.0 Å². The van der Waals surface area contributed by atoms with Gasteiger partial charge >= 0.3 is 0 Å². The molecule has 1 fully saturated rings. The van der Waals surface area contributed by atoms with E-state index in [2.05, 4.69) is 27.1 Å². The van der Waals surface area contributed by atoms with Gasteiger partial charge in [0.2, 0.25) is 5.91 Å². The molecule has 1 saturated heterocycles. The minimum Gasteiger partial charge on any atom is -0.356 e. The average Bonchev–Trinajstić information content (AvgIpc) is 2.47. The highest BCUT2D eigenvalue weighted by Crippen LogP contribution is 2.18. The van der Waals surface area contributed by atoms with E-state index in [1.165, 1.54) is 0 Å². The summed E-state index contributed by atoms with van der Waals surface area (Å²) in [7, 11) is 0. The van der Waals surface area contributed by atoms with Gasteiger partial charge in [0.1, 0.15) is 12.1 Å². The molecular weight excluding hydrogens is 266 g/mol. The summed E-state index contributed by atoms with van der Waals surface area (Å²) in [4.78, 5) is 22.7. The number of hydrogen-bond donors (Lipinski definition) is 2. The van der Waals surface area contributed by atoms with Crippen molar-refractivity contribution >= 4 is 11.7 Å². The number of carbonyl (C=O) groups is 1. The van der Waals surface area contributed by atoms with Crippen molar-refractivity contribution in [2.45, 2.75) is 51.6 Å². The highest BCUT2D eigenvalue weighted by Gasteiger charge is 2.27. The summed E-state index contributed by atoms with van der Waals surface area (Å²) in [5, 5.41) is 3.03. The standard InChI is InChI=1S/C15H25N5O/c1-4-11-9-13(18-10-17-11)20-7-5-12(6-8-20)19-14(21)15(2,3)16/h9-10,12H,4-8,16H2,1-3H3,(H,19,21). The molecule has 0 aromatic carbocycles. The SMILES string of the molecule is CCc1cc(N2CCC(NC(=O)C(C)(C)N)CC2)ncn1. The molecule has 0 unspecified atom stereocenters. The lowest BCUT2D eigenvalue weighted by atomic mass is 10.0. The topological polar surface area (TPSA) is 84.1 Å². The van der Waals surface area contributed by atoms with Crippen molar-refractivity contribution in [3.63, 3.8) is 0 Å². The number of rotatable bonds is 4. The predicted octanol–water partition coefficient (Wildman–Crippen LogP) is 0.861. The van der Waals surface area contributed by atoms with E-state index in [-0.39, 0.29) is 11.9 Å². The van der Waals surface area contributed by atoms with Gasteiger partial charge in [0.05, 0.1) is 5.54 Å². The molecule has 2 rings (SSSR count). The third-order valence-corrected chi connectivity index (χ3v) is 3.81. The number of aromatic nitrogens is 2. The van der Waals surface area contributed by atoms with Crippen molar-refractivity contribution in [3.8, 4) is 0 Å². The second-order valence-corrected chi connectivity index (χ2v) is 6.18. The molecule has 0 aliphatic carbocycles. The molecule has 6 heteroatoms. The average molecular weight is 291 g/mol. The molecule has 116 valence electrons. The number of nitrogens with one attached hydrogen (secondary N) is 1. The lowest BCUT2D eigenvalue weighted by Crippen LogP contribution is -2.54. The van der Waals surface area contributed by atoms with E-state index >= 15 is 0 Å². The first kappa shape index (κ1) is 15.7. The third kappa shape index (κ3) is 4.14. The monoisotopic (exact) mass is 291 g/mol. The highest BCUT2D eigenvalue weighted by molar-refractivity contribution is 5.85. The molecule has 0 saturated carbocycles. The van der Waals surface area contributed by atoms with Crippen molar-refractivity contribution in [1.29, 1.82) is 0 Å². The van der Waals surface area contributed by atoms with Crippen molar-refractivity contribution in [3.05, 3.63) is 18.1 Å². The van der Waals surface area contributed by atoms with Gasteiger partial charge in [-0.25, -0.2) is 9.97 Å². The second-order valence-electron chi connectivity index (χ2n) is 6.18. The molecule has 0 radical (unpaired) electrons. The number of nitrogens with two attached hydrogens (primary N) is 1. The molecule has 1 aromatic rings. The Labute approximate surface area is 126 Å². The predicted molar refractivity (Wildman–Crippen MR) is 83.1 cm³/mol. The summed E-state index contributed by atoms with van der Waals surface area (Å²) in [6.45, 7) is 7.31. The van der Waals surface area contributed by atoms with E-state index in [0.29, 0.717) is 0 Å².